The molecule has 2 atom stereocenters. The summed E-state index contributed by atoms with van der Waals surface area (Å²) in [5.41, 5.74) is 1.07. The Morgan fingerprint density at radius 2 is 1.97 bits per heavy atom. The van der Waals surface area contributed by atoms with Crippen molar-refractivity contribution < 1.29 is 32.7 Å². The number of amides is 2. The summed E-state index contributed by atoms with van der Waals surface area (Å²) in [6.07, 6.45) is -0.518. The summed E-state index contributed by atoms with van der Waals surface area (Å²) in [5, 5.41) is 7.12. The van der Waals surface area contributed by atoms with Crippen LogP contribution in [0.4, 0.5) is 18.9 Å². The average Bonchev–Trinajstić information content (AvgIpc) is 3.09. The number of carbonyl (C=O) groups excluding carboxylic acids is 2. The first-order valence-corrected chi connectivity index (χ1v) is 8.94. The molecule has 29 heavy (non-hydrogen) atoms. The second kappa shape index (κ2) is 9.10. The topological polar surface area (TPSA) is 94.1 Å². The molecule has 3 heterocycles. The number of halogens is 3. The summed E-state index contributed by atoms with van der Waals surface area (Å²) in [6, 6.07) is 3.95. The third-order valence-corrected chi connectivity index (χ3v) is 4.92. The van der Waals surface area contributed by atoms with Crippen LogP contribution in [0, 0.1) is 11.8 Å². The van der Waals surface area contributed by atoms with E-state index in [9.17, 15) is 22.8 Å². The van der Waals surface area contributed by atoms with Crippen molar-refractivity contribution >= 4 is 23.5 Å². The van der Waals surface area contributed by atoms with Crippen LogP contribution in [0.2, 0.25) is 0 Å². The Kier molecular flexibility index (Phi) is 7.04. The number of hydrogen-bond acceptors (Lipinski definition) is 5. The molecule has 160 valence electrons. The Morgan fingerprint density at radius 1 is 1.31 bits per heavy atom. The van der Waals surface area contributed by atoms with E-state index >= 15 is 0 Å². The van der Waals surface area contributed by atoms with Crippen LogP contribution >= 0.6 is 0 Å². The summed E-state index contributed by atoms with van der Waals surface area (Å²) in [6.45, 7) is 2.50. The number of carboxylic acids is 1. The van der Waals surface area contributed by atoms with Gasteiger partial charge < -0.3 is 19.8 Å². The van der Waals surface area contributed by atoms with Crippen molar-refractivity contribution in [3.05, 3.63) is 24.5 Å². The Labute approximate surface area is 165 Å². The van der Waals surface area contributed by atoms with Gasteiger partial charge in [-0.15, -0.1) is 0 Å². The van der Waals surface area contributed by atoms with Gasteiger partial charge in [-0.2, -0.15) is 13.2 Å². The van der Waals surface area contributed by atoms with Gasteiger partial charge in [0, 0.05) is 39.9 Å². The molecule has 0 aliphatic carbocycles. The number of piperidine rings is 1. The lowest BCUT2D eigenvalue weighted by Crippen LogP contribution is -2.49. The molecule has 2 aliphatic rings. The summed E-state index contributed by atoms with van der Waals surface area (Å²) >= 11 is 0. The molecule has 1 aromatic heterocycles. The fourth-order valence-corrected chi connectivity index (χ4v) is 3.32. The lowest BCUT2D eigenvalue weighted by Gasteiger charge is -2.33. The summed E-state index contributed by atoms with van der Waals surface area (Å²) < 4.78 is 31.7. The molecule has 0 aromatic carbocycles. The van der Waals surface area contributed by atoms with Crippen molar-refractivity contribution in [3.63, 3.8) is 0 Å². The molecule has 0 bridgehead atoms. The van der Waals surface area contributed by atoms with Crippen LogP contribution in [-0.4, -0.2) is 84.1 Å². The van der Waals surface area contributed by atoms with Crippen molar-refractivity contribution in [1.29, 1.82) is 0 Å². The number of carbonyl (C=O) groups is 3. The van der Waals surface area contributed by atoms with E-state index in [0.717, 1.165) is 25.2 Å². The molecule has 0 radical (unpaired) electrons. The Morgan fingerprint density at radius 3 is 2.48 bits per heavy atom. The molecule has 0 saturated carbocycles. The number of likely N-dealkylation sites (N-methyl/N-ethyl adjacent to an activating group) is 1. The van der Waals surface area contributed by atoms with Gasteiger partial charge in [-0.25, -0.2) is 4.79 Å². The number of hydrogen-bond donors (Lipinski definition) is 1. The Balaban J connectivity index is 0.000000370. The molecule has 1 aromatic rings. The number of aliphatic carboxylic acids is 1. The first-order valence-electron chi connectivity index (χ1n) is 8.94. The van der Waals surface area contributed by atoms with E-state index in [1.807, 2.05) is 18.3 Å². The normalized spacial score (nSPS) is 21.2. The van der Waals surface area contributed by atoms with Crippen molar-refractivity contribution in [2.24, 2.45) is 11.8 Å². The van der Waals surface area contributed by atoms with Crippen LogP contribution in [0.3, 0.4) is 0 Å². The van der Waals surface area contributed by atoms with Gasteiger partial charge >= 0.3 is 12.1 Å². The van der Waals surface area contributed by atoms with Gasteiger partial charge in [0.25, 0.3) is 0 Å². The third-order valence-electron chi connectivity index (χ3n) is 4.92. The van der Waals surface area contributed by atoms with E-state index in [0.29, 0.717) is 12.5 Å². The zero-order chi connectivity index (χ0) is 21.8. The highest BCUT2D eigenvalue weighted by molar-refractivity contribution is 5.87. The Bertz CT molecular complexity index is 742. The average molecular weight is 416 g/mol. The van der Waals surface area contributed by atoms with Gasteiger partial charge in [0.2, 0.25) is 11.8 Å². The number of anilines is 1. The fourth-order valence-electron chi connectivity index (χ4n) is 3.32. The van der Waals surface area contributed by atoms with E-state index in [-0.39, 0.29) is 24.3 Å². The van der Waals surface area contributed by atoms with E-state index in [4.69, 9.17) is 9.90 Å². The quantitative estimate of drug-likeness (QED) is 0.793. The minimum absolute atomic E-state index is 0.00363. The molecular formula is C18H23F3N4O4. The highest BCUT2D eigenvalue weighted by Gasteiger charge is 2.43. The zero-order valence-electron chi connectivity index (χ0n) is 16.1. The van der Waals surface area contributed by atoms with E-state index in [1.54, 1.807) is 25.2 Å². The number of pyridine rings is 1. The first kappa shape index (κ1) is 22.4. The van der Waals surface area contributed by atoms with Gasteiger partial charge in [0.05, 0.1) is 24.3 Å². The SMILES string of the molecule is CN(C)C(=O)CN1CC[C@@H]2CN(c3cccnc3)C[C@H]2C1=O.O=C(O)C(F)(F)F. The van der Waals surface area contributed by atoms with Crippen molar-refractivity contribution in [1.82, 2.24) is 14.8 Å². The predicted molar refractivity (Wildman–Crippen MR) is 97.0 cm³/mol. The second-order valence-corrected chi connectivity index (χ2v) is 7.12. The molecule has 8 nitrogen and oxygen atoms in total. The summed E-state index contributed by atoms with van der Waals surface area (Å²) in [7, 11) is 3.44. The number of rotatable bonds is 3. The molecule has 2 fully saturated rings. The van der Waals surface area contributed by atoms with E-state index in [2.05, 4.69) is 9.88 Å². The van der Waals surface area contributed by atoms with E-state index < -0.39 is 12.1 Å². The van der Waals surface area contributed by atoms with Gasteiger partial charge in [-0.3, -0.25) is 14.6 Å². The number of nitrogens with zero attached hydrogens (tertiary/aromatic N) is 4. The third kappa shape index (κ3) is 5.81. The van der Waals surface area contributed by atoms with Crippen molar-refractivity contribution in [2.75, 3.05) is 45.2 Å². The predicted octanol–water partition coefficient (Wildman–Crippen LogP) is 1.09. The maximum absolute atomic E-state index is 12.7. The smallest absolute Gasteiger partial charge is 0.475 e. The molecule has 2 amide bonds. The highest BCUT2D eigenvalue weighted by atomic mass is 19.4. The fraction of sp³-hybridized carbons (Fsp3) is 0.556. The van der Waals surface area contributed by atoms with Gasteiger partial charge in [-0.05, 0) is 24.5 Å². The summed E-state index contributed by atoms with van der Waals surface area (Å²) in [5.74, 6) is -2.26. The molecule has 2 saturated heterocycles. The maximum Gasteiger partial charge on any atom is 0.490 e. The largest absolute Gasteiger partial charge is 0.490 e. The zero-order valence-corrected chi connectivity index (χ0v) is 16.1. The monoisotopic (exact) mass is 416 g/mol. The highest BCUT2D eigenvalue weighted by Crippen LogP contribution is 2.34. The first-order chi connectivity index (χ1) is 13.5. The van der Waals surface area contributed by atoms with Crippen molar-refractivity contribution in [2.45, 2.75) is 12.6 Å². The van der Waals surface area contributed by atoms with Gasteiger partial charge in [-0.1, -0.05) is 0 Å². The maximum atomic E-state index is 12.7. The second-order valence-electron chi connectivity index (χ2n) is 7.12. The molecule has 0 unspecified atom stereocenters. The number of aromatic nitrogens is 1. The number of likely N-dealkylation sites (tertiary alicyclic amines) is 1. The van der Waals surface area contributed by atoms with Crippen LogP contribution in [0.5, 0.6) is 0 Å². The molecule has 3 rings (SSSR count). The van der Waals surface area contributed by atoms with Crippen molar-refractivity contribution in [3.8, 4) is 0 Å². The number of alkyl halides is 3. The van der Waals surface area contributed by atoms with Crippen LogP contribution in [0.15, 0.2) is 24.5 Å². The number of fused-ring (bicyclic) bond motifs is 1. The van der Waals surface area contributed by atoms with Crippen LogP contribution in [-0.2, 0) is 14.4 Å². The lowest BCUT2D eigenvalue weighted by molar-refractivity contribution is -0.192. The summed E-state index contributed by atoms with van der Waals surface area (Å²) in [4.78, 5) is 43.0. The van der Waals surface area contributed by atoms with E-state index in [1.165, 1.54) is 4.90 Å². The molecule has 1 N–H and O–H groups in total. The van der Waals surface area contributed by atoms with Crippen LogP contribution < -0.4 is 4.90 Å². The van der Waals surface area contributed by atoms with Gasteiger partial charge in [0.15, 0.2) is 0 Å². The standard InChI is InChI=1S/C16H22N4O2.C2HF3O2/c1-18(2)15(21)11-19-7-5-12-9-20(10-14(12)16(19)22)13-4-3-6-17-8-13;3-2(4,5)1(6)7/h3-4,6,8,12,14H,5,7,9-11H2,1-2H3;(H,6,7)/t12-,14-;/m1./s1. The molecule has 2 aliphatic heterocycles. The minimum atomic E-state index is -5.08. The lowest BCUT2D eigenvalue weighted by atomic mass is 9.88. The molecule has 11 heteroatoms. The van der Waals surface area contributed by atoms with Crippen LogP contribution in [0.25, 0.3) is 0 Å². The minimum Gasteiger partial charge on any atom is -0.475 e. The van der Waals surface area contributed by atoms with Gasteiger partial charge in [0.1, 0.15) is 0 Å². The molecular weight excluding hydrogens is 393 g/mol. The Hall–Kier alpha value is -2.85. The molecule has 0 spiro atoms. The number of carboxylic acid groups (broad SMARTS) is 1. The van der Waals surface area contributed by atoms with Crippen LogP contribution in [0.1, 0.15) is 6.42 Å².